The molecule has 2 rings (SSSR count). The Bertz CT molecular complexity index is 362. The highest BCUT2D eigenvalue weighted by molar-refractivity contribution is 8.07. The Hall–Kier alpha value is -0.390. The molecule has 1 aliphatic heterocycles. The summed E-state index contributed by atoms with van der Waals surface area (Å²) in [6, 6.07) is 1.74. The average Bonchev–Trinajstić information content (AvgIpc) is 2.29. The van der Waals surface area contributed by atoms with Crippen molar-refractivity contribution in [2.75, 3.05) is 17.2 Å². The predicted octanol–water partition coefficient (Wildman–Crippen LogP) is 1.93. The summed E-state index contributed by atoms with van der Waals surface area (Å²) in [6.07, 6.45) is 2.81. The molecule has 1 saturated heterocycles. The molecule has 16 heavy (non-hydrogen) atoms. The second kappa shape index (κ2) is 5.29. The summed E-state index contributed by atoms with van der Waals surface area (Å²) in [5, 5.41) is 11.0. The van der Waals surface area contributed by atoms with Gasteiger partial charge in [0.25, 0.3) is 0 Å². The van der Waals surface area contributed by atoms with Crippen LogP contribution in [0.25, 0.3) is 0 Å². The number of pyridine rings is 1. The molecule has 3 atom stereocenters. The van der Waals surface area contributed by atoms with E-state index < -0.39 is 6.10 Å². The number of aromatic nitrogens is 1. The maximum atomic E-state index is 10.3. The SMILES string of the molecule is CC1SCCSC1C(O)c1cnccc1N. The Morgan fingerprint density at radius 3 is 2.94 bits per heavy atom. The van der Waals surface area contributed by atoms with Crippen molar-refractivity contribution < 1.29 is 5.11 Å². The highest BCUT2D eigenvalue weighted by atomic mass is 32.2. The Kier molecular flexibility index (Phi) is 4.00. The zero-order chi connectivity index (χ0) is 11.5. The van der Waals surface area contributed by atoms with Crippen LogP contribution in [0.15, 0.2) is 18.5 Å². The molecule has 2 heterocycles. The van der Waals surface area contributed by atoms with E-state index in [0.717, 1.165) is 17.1 Å². The van der Waals surface area contributed by atoms with E-state index in [-0.39, 0.29) is 5.25 Å². The summed E-state index contributed by atoms with van der Waals surface area (Å²) in [6.45, 7) is 2.16. The molecule has 3 nitrogen and oxygen atoms in total. The van der Waals surface area contributed by atoms with Gasteiger partial charge in [-0.05, 0) is 6.07 Å². The lowest BCUT2D eigenvalue weighted by Crippen LogP contribution is -2.29. The third kappa shape index (κ3) is 2.47. The fourth-order valence-electron chi connectivity index (χ4n) is 1.84. The van der Waals surface area contributed by atoms with Gasteiger partial charge < -0.3 is 10.8 Å². The molecule has 1 aromatic heterocycles. The first kappa shape index (κ1) is 12.1. The van der Waals surface area contributed by atoms with E-state index in [9.17, 15) is 5.11 Å². The lowest BCUT2D eigenvalue weighted by Gasteiger charge is -2.32. The molecular formula is C11H16N2OS2. The van der Waals surface area contributed by atoms with E-state index >= 15 is 0 Å². The van der Waals surface area contributed by atoms with Crippen molar-refractivity contribution in [1.82, 2.24) is 4.98 Å². The van der Waals surface area contributed by atoms with Crippen molar-refractivity contribution in [3.05, 3.63) is 24.0 Å². The van der Waals surface area contributed by atoms with E-state index in [2.05, 4.69) is 11.9 Å². The summed E-state index contributed by atoms with van der Waals surface area (Å²) < 4.78 is 0. The minimum atomic E-state index is -0.513. The zero-order valence-electron chi connectivity index (χ0n) is 9.17. The van der Waals surface area contributed by atoms with Crippen LogP contribution < -0.4 is 5.73 Å². The van der Waals surface area contributed by atoms with Crippen molar-refractivity contribution in [2.24, 2.45) is 0 Å². The molecule has 1 aromatic rings. The number of nitrogens with two attached hydrogens (primary N) is 1. The van der Waals surface area contributed by atoms with Crippen LogP contribution in [0.4, 0.5) is 5.69 Å². The minimum Gasteiger partial charge on any atom is -0.398 e. The van der Waals surface area contributed by atoms with Crippen LogP contribution >= 0.6 is 23.5 Å². The number of anilines is 1. The number of aliphatic hydroxyl groups excluding tert-OH is 1. The topological polar surface area (TPSA) is 59.1 Å². The van der Waals surface area contributed by atoms with Gasteiger partial charge in [-0.15, -0.1) is 0 Å². The first-order valence-corrected chi connectivity index (χ1v) is 7.40. The zero-order valence-corrected chi connectivity index (χ0v) is 10.8. The van der Waals surface area contributed by atoms with Crippen LogP contribution in [0.3, 0.4) is 0 Å². The van der Waals surface area contributed by atoms with Gasteiger partial charge in [0.2, 0.25) is 0 Å². The van der Waals surface area contributed by atoms with Crippen LogP contribution in [0.1, 0.15) is 18.6 Å². The quantitative estimate of drug-likeness (QED) is 0.847. The first-order valence-electron chi connectivity index (χ1n) is 5.31. The Labute approximate surface area is 104 Å². The van der Waals surface area contributed by atoms with Crippen LogP contribution in [-0.4, -0.2) is 32.1 Å². The van der Waals surface area contributed by atoms with Gasteiger partial charge in [0.05, 0.1) is 6.10 Å². The van der Waals surface area contributed by atoms with Crippen LogP contribution in [0.2, 0.25) is 0 Å². The second-order valence-corrected chi connectivity index (χ2v) is 6.63. The van der Waals surface area contributed by atoms with Gasteiger partial charge >= 0.3 is 0 Å². The molecule has 1 fully saturated rings. The molecule has 3 unspecified atom stereocenters. The maximum Gasteiger partial charge on any atom is 0.0954 e. The van der Waals surface area contributed by atoms with Gasteiger partial charge in [-0.3, -0.25) is 4.98 Å². The summed E-state index contributed by atoms with van der Waals surface area (Å²) in [4.78, 5) is 4.03. The van der Waals surface area contributed by atoms with Gasteiger partial charge in [0.1, 0.15) is 0 Å². The van der Waals surface area contributed by atoms with E-state index in [1.807, 2.05) is 23.5 Å². The van der Waals surface area contributed by atoms with Gasteiger partial charge in [-0.25, -0.2) is 0 Å². The van der Waals surface area contributed by atoms with Gasteiger partial charge in [0.15, 0.2) is 0 Å². The molecule has 0 radical (unpaired) electrons. The van der Waals surface area contributed by atoms with Crippen molar-refractivity contribution in [1.29, 1.82) is 0 Å². The molecule has 1 aliphatic rings. The molecule has 3 N–H and O–H groups in total. The number of aliphatic hydroxyl groups is 1. The monoisotopic (exact) mass is 256 g/mol. The Morgan fingerprint density at radius 1 is 1.50 bits per heavy atom. The van der Waals surface area contributed by atoms with Crippen molar-refractivity contribution in [3.8, 4) is 0 Å². The minimum absolute atomic E-state index is 0.213. The molecule has 0 spiro atoms. The highest BCUT2D eigenvalue weighted by Crippen LogP contribution is 2.39. The van der Waals surface area contributed by atoms with E-state index in [4.69, 9.17) is 5.73 Å². The summed E-state index contributed by atoms with van der Waals surface area (Å²) in [7, 11) is 0. The van der Waals surface area contributed by atoms with Crippen LogP contribution in [0, 0.1) is 0 Å². The molecule has 0 amide bonds. The van der Waals surface area contributed by atoms with Crippen LogP contribution in [0.5, 0.6) is 0 Å². The molecule has 88 valence electrons. The standard InChI is InChI=1S/C11H16N2OS2/c1-7-11(16-5-4-15-7)10(14)8-6-13-3-2-9(8)12/h2-3,6-7,10-11,14H,4-5H2,1H3,(H2,12,13). The molecule has 0 bridgehead atoms. The van der Waals surface area contributed by atoms with Crippen molar-refractivity contribution in [2.45, 2.75) is 23.5 Å². The normalized spacial score (nSPS) is 27.6. The maximum absolute atomic E-state index is 10.3. The number of thioether (sulfide) groups is 2. The lowest BCUT2D eigenvalue weighted by molar-refractivity contribution is 0.174. The molecule has 0 aromatic carbocycles. The average molecular weight is 256 g/mol. The smallest absolute Gasteiger partial charge is 0.0954 e. The number of rotatable bonds is 2. The van der Waals surface area contributed by atoms with E-state index in [1.54, 1.807) is 18.5 Å². The summed E-state index contributed by atoms with van der Waals surface area (Å²) >= 11 is 3.74. The number of hydrogen-bond acceptors (Lipinski definition) is 5. The Morgan fingerprint density at radius 2 is 2.25 bits per heavy atom. The highest BCUT2D eigenvalue weighted by Gasteiger charge is 2.31. The van der Waals surface area contributed by atoms with Crippen molar-refractivity contribution >= 4 is 29.2 Å². The van der Waals surface area contributed by atoms with E-state index in [0.29, 0.717) is 10.9 Å². The third-order valence-electron chi connectivity index (χ3n) is 2.75. The fraction of sp³-hybridized carbons (Fsp3) is 0.545. The molecule has 0 aliphatic carbocycles. The molecular weight excluding hydrogens is 240 g/mol. The summed E-state index contributed by atoms with van der Waals surface area (Å²) in [5.41, 5.74) is 7.25. The number of hydrogen-bond donors (Lipinski definition) is 2. The Balaban J connectivity index is 2.17. The van der Waals surface area contributed by atoms with Gasteiger partial charge in [-0.2, -0.15) is 23.5 Å². The summed E-state index contributed by atoms with van der Waals surface area (Å²) in [5.74, 6) is 2.26. The third-order valence-corrected chi connectivity index (χ3v) is 5.93. The van der Waals surface area contributed by atoms with Crippen molar-refractivity contribution in [3.63, 3.8) is 0 Å². The predicted molar refractivity (Wildman–Crippen MR) is 71.8 cm³/mol. The van der Waals surface area contributed by atoms with Gasteiger partial charge in [-0.1, -0.05) is 6.92 Å². The number of nitrogen functional groups attached to an aromatic ring is 1. The second-order valence-electron chi connectivity index (χ2n) is 3.86. The molecule has 5 heteroatoms. The van der Waals surface area contributed by atoms with Gasteiger partial charge in [0, 0.05) is 45.7 Å². The first-order chi connectivity index (χ1) is 7.70. The largest absolute Gasteiger partial charge is 0.398 e. The van der Waals surface area contributed by atoms with Crippen LogP contribution in [-0.2, 0) is 0 Å². The molecule has 0 saturated carbocycles. The fourth-order valence-corrected chi connectivity index (χ4v) is 4.66. The lowest BCUT2D eigenvalue weighted by atomic mass is 10.1. The van der Waals surface area contributed by atoms with E-state index in [1.165, 1.54) is 0 Å². The number of nitrogens with zero attached hydrogens (tertiary/aromatic N) is 1.